The van der Waals surface area contributed by atoms with Crippen molar-refractivity contribution in [2.75, 3.05) is 80.8 Å². The maximum absolute atomic E-state index is 13.4. The third-order valence-electron chi connectivity index (χ3n) is 13.4. The van der Waals surface area contributed by atoms with Crippen LogP contribution in [-0.4, -0.2) is 134 Å². The molecule has 478 valence electrons. The number of rotatable bonds is 12. The molecule has 6 N–H and O–H groups in total. The first-order valence-corrected chi connectivity index (χ1v) is 29.2. The number of hydrogen-bond acceptors (Lipinski definition) is 14. The average Bonchev–Trinajstić information content (AvgIpc) is 1.10. The van der Waals surface area contributed by atoms with Gasteiger partial charge in [-0.25, -0.2) is 43.1 Å². The van der Waals surface area contributed by atoms with Gasteiger partial charge in [0, 0.05) is 120 Å². The minimum atomic E-state index is -1.00. The molecule has 0 atom stereocenters. The standard InChI is InChI=1S/C24H24FN5O2.C18H13ClFN3O.C11H9FN2.C7H6ClNO2.C6H12N2O.CH3F/c1-17(31)29-9-11-30(12-10-29)23-8-5-18(15-27-23)13-24(32)28-22-7-6-20(16-26-22)19-3-2-4-21(25)14-19;19-16-6-4-12(10-21-16)8-18(24)23-17-7-5-14(11-22-17)13-2-1-3-15(20)9-13;12-10-3-1-2-8(6-10)9-4-5-11(13)14-7-9;8-6-2-1-5(4-9-6)3-7(10)11;1-6(9)8-4-2-7-3-5-8;1-2/h2-8,14-16H,9-13H2,1H3,(H,26,28,32);1-7,9-11H,8H2,(H,22,23,24);1-7H,(H2,13,14);1-2,4H,3H2,(H,10,11);7H,2-5H2,1H3;1H3/i;;;;;1D. The van der Waals surface area contributed by atoms with Gasteiger partial charge in [-0.2, -0.15) is 0 Å². The number of aliphatic carboxylic acids is 1. The third-order valence-corrected chi connectivity index (χ3v) is 13.9. The molecule has 6 aromatic heterocycles. The number of carbonyl (C=O) groups excluding carboxylic acids is 4. The van der Waals surface area contributed by atoms with E-state index in [1.807, 2.05) is 34.1 Å². The van der Waals surface area contributed by atoms with E-state index in [4.69, 9.17) is 35.4 Å². The van der Waals surface area contributed by atoms with E-state index in [0.717, 1.165) is 89.6 Å². The highest BCUT2D eigenvalue weighted by molar-refractivity contribution is 6.29. The highest BCUT2D eigenvalue weighted by Gasteiger charge is 2.20. The summed E-state index contributed by atoms with van der Waals surface area (Å²) >= 11 is 11.2. The van der Waals surface area contributed by atoms with E-state index in [1.54, 1.807) is 130 Å². The maximum Gasteiger partial charge on any atom is 0.307 e. The fraction of sp³-hybridized carbons (Fsp3) is 0.209. The lowest BCUT2D eigenvalue weighted by molar-refractivity contribution is -0.136. The number of nitrogens with two attached hydrogens (primary N) is 1. The second kappa shape index (κ2) is 37.1. The number of alkyl halides is 1. The summed E-state index contributed by atoms with van der Waals surface area (Å²) in [4.78, 5) is 87.1. The van der Waals surface area contributed by atoms with Crippen LogP contribution in [-0.2, 0) is 43.2 Å². The van der Waals surface area contributed by atoms with E-state index in [2.05, 4.69) is 50.8 Å². The van der Waals surface area contributed by atoms with Gasteiger partial charge in [0.05, 0.1) is 27.8 Å². The van der Waals surface area contributed by atoms with Crippen molar-refractivity contribution in [3.8, 4) is 33.4 Å². The van der Waals surface area contributed by atoms with Gasteiger partial charge in [0.15, 0.2) is 0 Å². The number of carbonyl (C=O) groups is 5. The smallest absolute Gasteiger partial charge is 0.307 e. The van der Waals surface area contributed by atoms with Gasteiger partial charge in [-0.15, -0.1) is 0 Å². The van der Waals surface area contributed by atoms with Gasteiger partial charge < -0.3 is 41.5 Å². The van der Waals surface area contributed by atoms with Crippen LogP contribution in [0, 0.1) is 17.5 Å². The van der Waals surface area contributed by atoms with Crippen LogP contribution in [0.3, 0.4) is 0 Å². The normalized spacial score (nSPS) is 12.3. The highest BCUT2D eigenvalue weighted by Crippen LogP contribution is 2.24. The first-order valence-electron chi connectivity index (χ1n) is 29.1. The van der Waals surface area contributed by atoms with Crippen LogP contribution in [0.4, 0.5) is 40.8 Å². The van der Waals surface area contributed by atoms with Crippen molar-refractivity contribution < 1.29 is 48.0 Å². The molecule has 0 unspecified atom stereocenters. The number of anilines is 4. The predicted octanol–water partition coefficient (Wildman–Crippen LogP) is 11.1. The number of hydrogen-bond donors (Lipinski definition) is 5. The summed E-state index contributed by atoms with van der Waals surface area (Å²) in [5.41, 5.74) is 12.3. The van der Waals surface area contributed by atoms with Crippen LogP contribution < -0.4 is 26.6 Å². The number of benzene rings is 3. The number of carboxylic acid groups (broad SMARTS) is 1. The number of carboxylic acids is 1. The Morgan fingerprint density at radius 3 is 1.25 bits per heavy atom. The predicted molar refractivity (Wildman–Crippen MR) is 349 cm³/mol. The van der Waals surface area contributed by atoms with Crippen molar-refractivity contribution in [3.05, 3.63) is 227 Å². The third kappa shape index (κ3) is 24.6. The van der Waals surface area contributed by atoms with Crippen molar-refractivity contribution in [3.63, 3.8) is 0 Å². The molecule has 2 fully saturated rings. The summed E-state index contributed by atoms with van der Waals surface area (Å²) in [6.45, 7) is 9.68. The SMILES string of the molecule is CC(=O)N1CCN(c2ccc(CC(=O)Nc3ccc(-c4cccc(F)c4)cn3)cn2)CC1.CC(=O)N1CCNCC1.Nc1ccc(-c2cccc(F)c2)cn1.O=C(Cc1ccc(Cl)nc1)Nc1ccc(-c2cccc(F)c2)cn1.O=C(O)Cc1ccc(Cl)nc1.[2H]CF. The van der Waals surface area contributed by atoms with Crippen LogP contribution in [0.5, 0.6) is 0 Å². The lowest BCUT2D eigenvalue weighted by Crippen LogP contribution is -2.48. The molecular formula is C67H67Cl2F4N13O6. The Labute approximate surface area is 541 Å². The number of pyridine rings is 6. The Hall–Kier alpha value is -10.2. The van der Waals surface area contributed by atoms with Gasteiger partial charge in [-0.1, -0.05) is 77.8 Å². The summed E-state index contributed by atoms with van der Waals surface area (Å²) in [5, 5.41) is 17.8. The number of piperazine rings is 2. The molecule has 4 amide bonds. The van der Waals surface area contributed by atoms with Crippen LogP contribution in [0.15, 0.2) is 183 Å². The average molecular weight is 1300 g/mol. The lowest BCUT2D eigenvalue weighted by atomic mass is 10.1. The van der Waals surface area contributed by atoms with Crippen molar-refractivity contribution >= 4 is 76.1 Å². The topological polar surface area (TPSA) is 255 Å². The number of nitrogen functional groups attached to an aromatic ring is 1. The van der Waals surface area contributed by atoms with Crippen LogP contribution in [0.2, 0.25) is 10.3 Å². The van der Waals surface area contributed by atoms with Gasteiger partial charge in [-0.3, -0.25) is 28.4 Å². The molecule has 19 nitrogen and oxygen atoms in total. The Morgan fingerprint density at radius 2 is 0.913 bits per heavy atom. The number of nitrogens with zero attached hydrogens (tertiary/aromatic N) is 9. The van der Waals surface area contributed by atoms with E-state index in [0.29, 0.717) is 46.4 Å². The Morgan fingerprint density at radius 1 is 0.511 bits per heavy atom. The van der Waals surface area contributed by atoms with Gasteiger partial charge in [-0.05, 0) is 124 Å². The first-order chi connectivity index (χ1) is 44.7. The van der Waals surface area contributed by atoms with Crippen LogP contribution in [0.25, 0.3) is 33.4 Å². The van der Waals surface area contributed by atoms with Crippen molar-refractivity contribution in [1.29, 1.82) is 0 Å². The molecule has 2 saturated heterocycles. The highest BCUT2D eigenvalue weighted by atomic mass is 35.5. The summed E-state index contributed by atoms with van der Waals surface area (Å²) in [7, 11) is -1.00. The van der Waals surface area contributed by atoms with Gasteiger partial charge >= 0.3 is 5.97 Å². The largest absolute Gasteiger partial charge is 0.481 e. The quantitative estimate of drug-likeness (QED) is 0.0563. The van der Waals surface area contributed by atoms with E-state index in [9.17, 15) is 41.5 Å². The van der Waals surface area contributed by atoms with Crippen molar-refractivity contribution in [2.24, 2.45) is 0 Å². The maximum atomic E-state index is 13.4. The molecule has 3 aromatic carbocycles. The molecule has 2 aliphatic heterocycles. The lowest BCUT2D eigenvalue weighted by Gasteiger charge is -2.34. The molecule has 0 spiro atoms. The van der Waals surface area contributed by atoms with Gasteiger partial charge in [0.25, 0.3) is 0 Å². The summed E-state index contributed by atoms with van der Waals surface area (Å²) in [5.74, 6) is 0.328. The van der Waals surface area contributed by atoms with Crippen LogP contribution in [0.1, 0.15) is 31.9 Å². The first kappa shape index (κ1) is 69.2. The van der Waals surface area contributed by atoms with E-state index < -0.39 is 13.1 Å². The number of halogens is 6. The molecule has 8 heterocycles. The zero-order chi connectivity index (χ0) is 67.1. The fourth-order valence-electron chi connectivity index (χ4n) is 8.74. The van der Waals surface area contributed by atoms with Gasteiger partial charge in [0.2, 0.25) is 23.6 Å². The van der Waals surface area contributed by atoms with Crippen LogP contribution >= 0.6 is 23.2 Å². The number of aromatic nitrogens is 6. The Balaban J connectivity index is 0.000000197. The second-order valence-corrected chi connectivity index (χ2v) is 20.9. The van der Waals surface area contributed by atoms with E-state index in [-0.39, 0.29) is 60.3 Å². The summed E-state index contributed by atoms with van der Waals surface area (Å²) in [6, 6.07) is 39.7. The molecule has 11 rings (SSSR count). The molecule has 25 heteroatoms. The summed E-state index contributed by atoms with van der Waals surface area (Å²) < 4.78 is 55.0. The molecule has 0 radical (unpaired) electrons. The van der Waals surface area contributed by atoms with E-state index >= 15 is 0 Å². The molecule has 0 saturated carbocycles. The minimum Gasteiger partial charge on any atom is -0.481 e. The van der Waals surface area contributed by atoms with Gasteiger partial charge in [0.1, 0.15) is 51.0 Å². The molecule has 9 aromatic rings. The molecule has 92 heavy (non-hydrogen) atoms. The molecular weight excluding hydrogens is 1230 g/mol. The second-order valence-electron chi connectivity index (χ2n) is 20.1. The Kier molecular flexibility index (Phi) is 27.9. The molecule has 2 aliphatic rings. The zero-order valence-corrected chi connectivity index (χ0v) is 51.7. The van der Waals surface area contributed by atoms with Crippen molar-refractivity contribution in [1.82, 2.24) is 45.0 Å². The minimum absolute atomic E-state index is 0.00975. The fourth-order valence-corrected chi connectivity index (χ4v) is 8.96. The zero-order valence-electron chi connectivity index (χ0n) is 51.2. The number of amides is 4. The Bertz CT molecular complexity index is 3820. The number of nitrogens with one attached hydrogen (secondary N) is 3. The monoisotopic (exact) mass is 1300 g/mol. The van der Waals surface area contributed by atoms with Crippen molar-refractivity contribution in [2.45, 2.75) is 33.1 Å². The molecule has 0 bridgehead atoms. The van der Waals surface area contributed by atoms with E-state index in [1.165, 1.54) is 42.6 Å². The molecule has 0 aliphatic carbocycles. The summed E-state index contributed by atoms with van der Waals surface area (Å²) in [6.07, 6.45) is 9.89.